The van der Waals surface area contributed by atoms with Crippen molar-refractivity contribution in [3.8, 4) is 11.5 Å². The zero-order valence-electron chi connectivity index (χ0n) is 18.4. The summed E-state index contributed by atoms with van der Waals surface area (Å²) >= 11 is 0. The van der Waals surface area contributed by atoms with E-state index in [1.54, 1.807) is 19.1 Å². The molecule has 0 aromatic heterocycles. The van der Waals surface area contributed by atoms with Crippen LogP contribution in [0.15, 0.2) is 60.7 Å². The molecule has 0 aliphatic rings. The van der Waals surface area contributed by atoms with Crippen molar-refractivity contribution < 1.29 is 18.7 Å². The van der Waals surface area contributed by atoms with Crippen LogP contribution in [0.4, 0.5) is 4.39 Å². The third kappa shape index (κ3) is 6.32. The smallest absolute Gasteiger partial charge is 0.261 e. The zero-order valence-corrected chi connectivity index (χ0v) is 18.4. The maximum atomic E-state index is 13.0. The summed E-state index contributed by atoms with van der Waals surface area (Å²) in [5, 5.41) is 2.91. The van der Waals surface area contributed by atoms with E-state index in [9.17, 15) is 9.18 Å². The average Bonchev–Trinajstić information content (AvgIpc) is 2.75. The molecule has 31 heavy (non-hydrogen) atoms. The molecule has 0 bridgehead atoms. The molecule has 1 amide bonds. The molecule has 4 nitrogen and oxygen atoms in total. The second-order valence-corrected chi connectivity index (χ2v) is 7.74. The van der Waals surface area contributed by atoms with Gasteiger partial charge in [-0.1, -0.05) is 30.3 Å². The summed E-state index contributed by atoms with van der Waals surface area (Å²) in [5.41, 5.74) is 5.14. The molecule has 0 unspecified atom stereocenters. The van der Waals surface area contributed by atoms with Crippen LogP contribution < -0.4 is 14.8 Å². The molecule has 1 N–H and O–H groups in total. The van der Waals surface area contributed by atoms with Crippen LogP contribution in [0.25, 0.3) is 0 Å². The minimum Gasteiger partial charge on any atom is -0.489 e. The van der Waals surface area contributed by atoms with Gasteiger partial charge >= 0.3 is 0 Å². The number of aryl methyl sites for hydroxylation is 2. The van der Waals surface area contributed by atoms with E-state index in [1.165, 1.54) is 12.1 Å². The van der Waals surface area contributed by atoms with E-state index in [-0.39, 0.29) is 11.7 Å². The molecule has 3 rings (SSSR count). The molecular formula is C26H28FNO3. The Balaban J connectivity index is 1.49. The molecule has 0 aliphatic heterocycles. The van der Waals surface area contributed by atoms with E-state index in [0.29, 0.717) is 18.9 Å². The molecule has 3 aromatic carbocycles. The highest BCUT2D eigenvalue weighted by Gasteiger charge is 2.16. The lowest BCUT2D eigenvalue weighted by atomic mass is 10.1. The molecule has 0 radical (unpaired) electrons. The Hall–Kier alpha value is -3.34. The number of hydrogen-bond donors (Lipinski definition) is 1. The molecular weight excluding hydrogens is 393 g/mol. The lowest BCUT2D eigenvalue weighted by Crippen LogP contribution is -2.36. The van der Waals surface area contributed by atoms with Crippen LogP contribution in [-0.4, -0.2) is 12.0 Å². The largest absolute Gasteiger partial charge is 0.489 e. The molecule has 0 fully saturated rings. The molecule has 0 heterocycles. The highest BCUT2D eigenvalue weighted by atomic mass is 19.1. The number of carbonyl (C=O) groups excluding carboxylic acids is 1. The third-order valence-electron chi connectivity index (χ3n) is 5.15. The van der Waals surface area contributed by atoms with Crippen LogP contribution in [0.2, 0.25) is 0 Å². The van der Waals surface area contributed by atoms with Gasteiger partial charge in [0.15, 0.2) is 6.10 Å². The number of halogens is 1. The first kappa shape index (κ1) is 22.3. The Morgan fingerprint density at radius 1 is 0.968 bits per heavy atom. The van der Waals surface area contributed by atoms with Crippen molar-refractivity contribution in [3.63, 3.8) is 0 Å². The fraction of sp³-hybridized carbons (Fsp3) is 0.269. The first-order chi connectivity index (χ1) is 14.8. The van der Waals surface area contributed by atoms with Crippen molar-refractivity contribution in [3.05, 3.63) is 94.3 Å². The molecule has 0 aliphatic carbocycles. The number of hydrogen-bond acceptors (Lipinski definition) is 3. The van der Waals surface area contributed by atoms with Crippen molar-refractivity contribution >= 4 is 5.91 Å². The van der Waals surface area contributed by atoms with Gasteiger partial charge in [0, 0.05) is 6.54 Å². The first-order valence-electron chi connectivity index (χ1n) is 10.3. The van der Waals surface area contributed by atoms with E-state index in [4.69, 9.17) is 9.47 Å². The van der Waals surface area contributed by atoms with Gasteiger partial charge in [0.05, 0.1) is 0 Å². The van der Waals surface area contributed by atoms with Gasteiger partial charge in [-0.25, -0.2) is 4.39 Å². The second-order valence-electron chi connectivity index (χ2n) is 7.74. The first-order valence-corrected chi connectivity index (χ1v) is 10.3. The molecule has 5 heteroatoms. The highest BCUT2D eigenvalue weighted by molar-refractivity contribution is 5.80. The number of nitrogens with one attached hydrogen (secondary N) is 1. The summed E-state index contributed by atoms with van der Waals surface area (Å²) in [6.45, 7) is 8.55. The molecule has 3 aromatic rings. The van der Waals surface area contributed by atoms with Crippen molar-refractivity contribution in [2.24, 2.45) is 0 Å². The summed E-state index contributed by atoms with van der Waals surface area (Å²) in [7, 11) is 0. The van der Waals surface area contributed by atoms with Gasteiger partial charge in [-0.05, 0) is 85.8 Å². The highest BCUT2D eigenvalue weighted by Crippen LogP contribution is 2.24. The number of rotatable bonds is 8. The summed E-state index contributed by atoms with van der Waals surface area (Å²) in [6, 6.07) is 17.8. The number of benzene rings is 3. The number of carbonyl (C=O) groups is 1. The molecule has 0 spiro atoms. The predicted molar refractivity (Wildman–Crippen MR) is 120 cm³/mol. The lowest BCUT2D eigenvalue weighted by Gasteiger charge is -2.18. The monoisotopic (exact) mass is 421 g/mol. The number of amides is 1. The van der Waals surface area contributed by atoms with E-state index >= 15 is 0 Å². The van der Waals surface area contributed by atoms with Gasteiger partial charge in [-0.3, -0.25) is 4.79 Å². The van der Waals surface area contributed by atoms with Crippen molar-refractivity contribution in [2.75, 3.05) is 0 Å². The Labute approximate surface area is 183 Å². The van der Waals surface area contributed by atoms with Crippen LogP contribution in [0.1, 0.15) is 34.7 Å². The van der Waals surface area contributed by atoms with Crippen LogP contribution in [0, 0.1) is 26.6 Å². The maximum absolute atomic E-state index is 13.0. The predicted octanol–water partition coefficient (Wildman–Crippen LogP) is 5.41. The Kier molecular flexibility index (Phi) is 7.29. The summed E-state index contributed by atoms with van der Waals surface area (Å²) < 4.78 is 24.6. The fourth-order valence-corrected chi connectivity index (χ4v) is 3.15. The van der Waals surface area contributed by atoms with Crippen molar-refractivity contribution in [2.45, 2.75) is 47.0 Å². The third-order valence-corrected chi connectivity index (χ3v) is 5.15. The van der Waals surface area contributed by atoms with Gasteiger partial charge in [-0.2, -0.15) is 0 Å². The average molecular weight is 422 g/mol. The van der Waals surface area contributed by atoms with Crippen LogP contribution >= 0.6 is 0 Å². The van der Waals surface area contributed by atoms with Gasteiger partial charge in [0.1, 0.15) is 23.9 Å². The topological polar surface area (TPSA) is 47.6 Å². The quantitative estimate of drug-likeness (QED) is 0.529. The maximum Gasteiger partial charge on any atom is 0.261 e. The van der Waals surface area contributed by atoms with E-state index in [0.717, 1.165) is 33.6 Å². The van der Waals surface area contributed by atoms with Crippen LogP contribution in [0.5, 0.6) is 11.5 Å². The van der Waals surface area contributed by atoms with Gasteiger partial charge in [-0.15, -0.1) is 0 Å². The molecule has 162 valence electrons. The van der Waals surface area contributed by atoms with E-state index in [2.05, 4.69) is 11.4 Å². The van der Waals surface area contributed by atoms with Gasteiger partial charge in [0.25, 0.3) is 5.91 Å². The SMILES string of the molecule is Cc1cc(C)c(C)c(O[C@@H](C)C(=O)NCc2ccc(OCc3ccc(F)cc3)cc2)c1. The molecule has 0 saturated heterocycles. The van der Waals surface area contributed by atoms with Crippen LogP contribution in [0.3, 0.4) is 0 Å². The Morgan fingerprint density at radius 2 is 1.61 bits per heavy atom. The minimum atomic E-state index is -0.599. The van der Waals surface area contributed by atoms with Gasteiger partial charge in [0.2, 0.25) is 0 Å². The summed E-state index contributed by atoms with van der Waals surface area (Å²) in [6.07, 6.45) is -0.599. The van der Waals surface area contributed by atoms with E-state index in [1.807, 2.05) is 51.1 Å². The van der Waals surface area contributed by atoms with Crippen LogP contribution in [-0.2, 0) is 17.9 Å². The minimum absolute atomic E-state index is 0.171. The number of ether oxygens (including phenoxy) is 2. The summed E-state index contributed by atoms with van der Waals surface area (Å²) in [5.74, 6) is 1.01. The molecule has 1 atom stereocenters. The van der Waals surface area contributed by atoms with E-state index < -0.39 is 6.10 Å². The standard InChI is InChI=1S/C26H28FNO3/c1-17-13-18(2)19(3)25(14-17)31-20(4)26(29)28-15-21-7-11-24(12-8-21)30-16-22-5-9-23(27)10-6-22/h5-14,20H,15-16H2,1-4H3,(H,28,29)/t20-/m0/s1. The normalized spacial score (nSPS) is 11.6. The summed E-state index contributed by atoms with van der Waals surface area (Å²) in [4.78, 5) is 12.5. The molecule has 0 saturated carbocycles. The van der Waals surface area contributed by atoms with Gasteiger partial charge < -0.3 is 14.8 Å². The lowest BCUT2D eigenvalue weighted by molar-refractivity contribution is -0.127. The van der Waals surface area contributed by atoms with Crippen molar-refractivity contribution in [1.29, 1.82) is 0 Å². The fourth-order valence-electron chi connectivity index (χ4n) is 3.15. The van der Waals surface area contributed by atoms with Crippen molar-refractivity contribution in [1.82, 2.24) is 5.32 Å². The Morgan fingerprint density at radius 3 is 2.29 bits per heavy atom. The zero-order chi connectivity index (χ0) is 22.4. The second kappa shape index (κ2) is 10.1. The Bertz CT molecular complexity index is 1030.